The highest BCUT2D eigenvalue weighted by Gasteiger charge is 2.24. The van der Waals surface area contributed by atoms with Crippen molar-refractivity contribution in [2.45, 2.75) is 26.8 Å². The minimum absolute atomic E-state index is 0.211. The maximum atomic E-state index is 11.5. The topological polar surface area (TPSA) is 68.1 Å². The van der Waals surface area contributed by atoms with Crippen LogP contribution in [0.1, 0.15) is 19.4 Å². The van der Waals surface area contributed by atoms with E-state index in [1.54, 1.807) is 19.1 Å². The van der Waals surface area contributed by atoms with E-state index in [-0.39, 0.29) is 12.4 Å². The summed E-state index contributed by atoms with van der Waals surface area (Å²) in [7, 11) is 0. The third-order valence-corrected chi connectivity index (χ3v) is 2.22. The van der Waals surface area contributed by atoms with Crippen LogP contribution >= 0.6 is 0 Å². The van der Waals surface area contributed by atoms with Gasteiger partial charge >= 0.3 is 5.97 Å². The van der Waals surface area contributed by atoms with Crippen LogP contribution in [0.5, 0.6) is 0 Å². The van der Waals surface area contributed by atoms with Crippen LogP contribution in [0.15, 0.2) is 34.5 Å². The fourth-order valence-electron chi connectivity index (χ4n) is 1.25. The van der Waals surface area contributed by atoms with Gasteiger partial charge in [-0.2, -0.15) is 10.2 Å². The molecule has 0 amide bonds. The molecule has 5 nitrogen and oxygen atoms in total. The average molecular weight is 248 g/mol. The molecular formula is C13H16N2O3. The first-order valence-electron chi connectivity index (χ1n) is 5.69. The Hall–Kier alpha value is -2.04. The second-order valence-electron chi connectivity index (χ2n) is 3.82. The van der Waals surface area contributed by atoms with Gasteiger partial charge in [0.2, 0.25) is 6.04 Å². The molecule has 1 unspecified atom stereocenters. The lowest BCUT2D eigenvalue weighted by atomic mass is 10.2. The third kappa shape index (κ3) is 4.08. The van der Waals surface area contributed by atoms with Gasteiger partial charge < -0.3 is 4.74 Å². The zero-order chi connectivity index (χ0) is 13.5. The number of hydrogen-bond donors (Lipinski definition) is 0. The Bertz CT molecular complexity index is 452. The lowest BCUT2D eigenvalue weighted by Crippen LogP contribution is -2.28. The smallest absolute Gasteiger partial charge is 0.340 e. The van der Waals surface area contributed by atoms with Gasteiger partial charge in [-0.15, -0.1) is 0 Å². The van der Waals surface area contributed by atoms with Crippen LogP contribution in [0, 0.1) is 6.92 Å². The van der Waals surface area contributed by atoms with Crippen molar-refractivity contribution >= 4 is 17.4 Å². The van der Waals surface area contributed by atoms with E-state index in [1.165, 1.54) is 6.92 Å². The molecule has 0 aliphatic rings. The highest BCUT2D eigenvalue weighted by Crippen LogP contribution is 2.14. The van der Waals surface area contributed by atoms with Gasteiger partial charge in [-0.25, -0.2) is 4.79 Å². The van der Waals surface area contributed by atoms with E-state index in [0.29, 0.717) is 5.69 Å². The van der Waals surface area contributed by atoms with E-state index >= 15 is 0 Å². The standard InChI is InChI=1S/C13H16N2O3/c1-4-18-13(17)12(10(3)16)15-14-11-7-5-9(2)6-8-11/h5-8,12H,4H2,1-3H3. The van der Waals surface area contributed by atoms with Crippen molar-refractivity contribution in [1.82, 2.24) is 0 Å². The molecule has 0 spiro atoms. The minimum atomic E-state index is -1.17. The number of Topliss-reactive ketones (excluding diaryl/α,β-unsaturated/α-hetero) is 1. The van der Waals surface area contributed by atoms with Crippen LogP contribution < -0.4 is 0 Å². The van der Waals surface area contributed by atoms with Crippen LogP contribution in [0.4, 0.5) is 5.69 Å². The molecule has 0 saturated carbocycles. The zero-order valence-electron chi connectivity index (χ0n) is 10.7. The quantitative estimate of drug-likeness (QED) is 0.457. The molecule has 0 bridgehead atoms. The normalized spacial score (nSPS) is 12.4. The van der Waals surface area contributed by atoms with Gasteiger partial charge in [-0.05, 0) is 32.9 Å². The van der Waals surface area contributed by atoms with Crippen molar-refractivity contribution in [3.05, 3.63) is 29.8 Å². The Morgan fingerprint density at radius 3 is 2.39 bits per heavy atom. The van der Waals surface area contributed by atoms with Crippen LogP contribution in [0.2, 0.25) is 0 Å². The summed E-state index contributed by atoms with van der Waals surface area (Å²) >= 11 is 0. The number of carbonyl (C=O) groups excluding carboxylic acids is 2. The number of nitrogens with zero attached hydrogens (tertiary/aromatic N) is 2. The molecule has 0 aromatic heterocycles. The van der Waals surface area contributed by atoms with Crippen LogP contribution in [-0.2, 0) is 14.3 Å². The van der Waals surface area contributed by atoms with E-state index in [1.807, 2.05) is 19.1 Å². The molecule has 1 aromatic rings. The van der Waals surface area contributed by atoms with Crippen molar-refractivity contribution in [2.75, 3.05) is 6.61 Å². The number of hydrogen-bond acceptors (Lipinski definition) is 5. The Balaban J connectivity index is 2.80. The van der Waals surface area contributed by atoms with Gasteiger partial charge in [0.05, 0.1) is 12.3 Å². The summed E-state index contributed by atoms with van der Waals surface area (Å²) in [5.74, 6) is -1.05. The average Bonchev–Trinajstić information content (AvgIpc) is 2.31. The summed E-state index contributed by atoms with van der Waals surface area (Å²) < 4.78 is 4.76. The molecule has 96 valence electrons. The highest BCUT2D eigenvalue weighted by atomic mass is 16.5. The molecule has 0 saturated heterocycles. The monoisotopic (exact) mass is 248 g/mol. The molecule has 1 rings (SSSR count). The van der Waals surface area contributed by atoms with E-state index in [2.05, 4.69) is 10.2 Å². The van der Waals surface area contributed by atoms with Crippen molar-refractivity contribution in [1.29, 1.82) is 0 Å². The number of ether oxygens (including phenoxy) is 1. The summed E-state index contributed by atoms with van der Waals surface area (Å²) in [6.07, 6.45) is 0. The first-order valence-corrected chi connectivity index (χ1v) is 5.69. The molecule has 5 heteroatoms. The number of rotatable bonds is 5. The third-order valence-electron chi connectivity index (χ3n) is 2.22. The number of azo groups is 1. The summed E-state index contributed by atoms with van der Waals surface area (Å²) in [6, 6.07) is 6.11. The SMILES string of the molecule is CCOC(=O)C(N=Nc1ccc(C)cc1)C(C)=O. The molecule has 0 radical (unpaired) electrons. The van der Waals surface area contributed by atoms with Crippen LogP contribution in [0.25, 0.3) is 0 Å². The molecule has 18 heavy (non-hydrogen) atoms. The first kappa shape index (κ1) is 14.0. The number of benzene rings is 1. The lowest BCUT2D eigenvalue weighted by Gasteiger charge is -2.06. The first-order chi connectivity index (χ1) is 8.54. The minimum Gasteiger partial charge on any atom is -0.464 e. The molecule has 0 fully saturated rings. The van der Waals surface area contributed by atoms with Crippen molar-refractivity contribution in [2.24, 2.45) is 10.2 Å². The Kier molecular flexibility index (Phi) is 5.17. The molecule has 1 aromatic carbocycles. The Morgan fingerprint density at radius 2 is 1.89 bits per heavy atom. The van der Waals surface area contributed by atoms with Gasteiger partial charge in [0.25, 0.3) is 0 Å². The fourth-order valence-corrected chi connectivity index (χ4v) is 1.25. The summed E-state index contributed by atoms with van der Waals surface area (Å²) in [5.41, 5.74) is 1.69. The van der Waals surface area contributed by atoms with Gasteiger partial charge in [0, 0.05) is 0 Å². The molecule has 0 aliphatic carbocycles. The predicted molar refractivity (Wildman–Crippen MR) is 66.8 cm³/mol. The molecule has 1 atom stereocenters. The Morgan fingerprint density at radius 1 is 1.28 bits per heavy atom. The number of ketones is 1. The molecular weight excluding hydrogens is 232 g/mol. The van der Waals surface area contributed by atoms with Gasteiger partial charge in [-0.1, -0.05) is 17.7 Å². The number of carbonyl (C=O) groups is 2. The second kappa shape index (κ2) is 6.64. The molecule has 0 N–H and O–H groups in total. The largest absolute Gasteiger partial charge is 0.464 e. The van der Waals surface area contributed by atoms with Crippen molar-refractivity contribution < 1.29 is 14.3 Å². The summed E-state index contributed by atoms with van der Waals surface area (Å²) in [4.78, 5) is 22.7. The van der Waals surface area contributed by atoms with Crippen molar-refractivity contribution in [3.8, 4) is 0 Å². The maximum Gasteiger partial charge on any atom is 0.340 e. The molecule has 0 aliphatic heterocycles. The summed E-state index contributed by atoms with van der Waals surface area (Å²) in [5, 5.41) is 7.62. The Labute approximate surface area is 106 Å². The van der Waals surface area contributed by atoms with Crippen LogP contribution in [0.3, 0.4) is 0 Å². The number of aryl methyl sites for hydroxylation is 1. The van der Waals surface area contributed by atoms with Gasteiger partial charge in [-0.3, -0.25) is 4.79 Å². The fraction of sp³-hybridized carbons (Fsp3) is 0.385. The highest BCUT2D eigenvalue weighted by molar-refractivity contribution is 6.02. The van der Waals surface area contributed by atoms with E-state index in [9.17, 15) is 9.59 Å². The predicted octanol–water partition coefficient (Wildman–Crippen LogP) is 2.60. The summed E-state index contributed by atoms with van der Waals surface area (Å²) in [6.45, 7) is 5.13. The van der Waals surface area contributed by atoms with Gasteiger partial charge in [0.1, 0.15) is 0 Å². The zero-order valence-corrected chi connectivity index (χ0v) is 10.7. The molecule has 0 heterocycles. The van der Waals surface area contributed by atoms with E-state index in [0.717, 1.165) is 5.56 Å². The second-order valence-corrected chi connectivity index (χ2v) is 3.82. The number of esters is 1. The van der Waals surface area contributed by atoms with Crippen molar-refractivity contribution in [3.63, 3.8) is 0 Å². The van der Waals surface area contributed by atoms with E-state index < -0.39 is 12.0 Å². The van der Waals surface area contributed by atoms with E-state index in [4.69, 9.17) is 4.74 Å². The maximum absolute atomic E-state index is 11.5. The van der Waals surface area contributed by atoms with Gasteiger partial charge in [0.15, 0.2) is 5.78 Å². The lowest BCUT2D eigenvalue weighted by molar-refractivity contribution is -0.147. The van der Waals surface area contributed by atoms with Crippen LogP contribution in [-0.4, -0.2) is 24.4 Å².